The van der Waals surface area contributed by atoms with Crippen molar-refractivity contribution in [1.29, 1.82) is 0 Å². The van der Waals surface area contributed by atoms with Crippen LogP contribution in [0.25, 0.3) is 11.1 Å². The van der Waals surface area contributed by atoms with Crippen LogP contribution in [0.3, 0.4) is 0 Å². The molecule has 118 valence electrons. The maximum absolute atomic E-state index is 12.3. The van der Waals surface area contributed by atoms with Gasteiger partial charge in [0.2, 0.25) is 0 Å². The average Bonchev–Trinajstić information content (AvgIpc) is 3.00. The lowest BCUT2D eigenvalue weighted by Gasteiger charge is -2.08. The first-order chi connectivity index (χ1) is 10.7. The summed E-state index contributed by atoms with van der Waals surface area (Å²) < 4.78 is 5.51. The van der Waals surface area contributed by atoms with E-state index in [2.05, 4.69) is 19.2 Å². The first-order valence-electron chi connectivity index (χ1n) is 7.67. The molecular weight excluding hydrogens is 294 g/mol. The van der Waals surface area contributed by atoms with E-state index >= 15 is 0 Å². The highest BCUT2D eigenvalue weighted by atomic mass is 32.1. The van der Waals surface area contributed by atoms with E-state index in [-0.39, 0.29) is 5.91 Å². The smallest absolute Gasteiger partial charge is 0.261 e. The van der Waals surface area contributed by atoms with E-state index in [1.54, 1.807) is 0 Å². The summed E-state index contributed by atoms with van der Waals surface area (Å²) in [6, 6.07) is 12.0. The summed E-state index contributed by atoms with van der Waals surface area (Å²) in [5, 5.41) is 4.94. The number of ether oxygens (including phenoxy) is 1. The number of thiophene rings is 1. The molecule has 0 saturated carbocycles. The number of nitrogens with one attached hydrogen (secondary N) is 1. The van der Waals surface area contributed by atoms with Crippen LogP contribution in [0.2, 0.25) is 0 Å². The molecule has 0 atom stereocenters. The highest BCUT2D eigenvalue weighted by molar-refractivity contribution is 7.12. The van der Waals surface area contributed by atoms with Crippen molar-refractivity contribution in [2.45, 2.75) is 20.3 Å². The summed E-state index contributed by atoms with van der Waals surface area (Å²) in [6.07, 6.45) is 0.838. The Hall–Kier alpha value is -1.65. The minimum atomic E-state index is -0.00212. The molecular formula is C18H23NO2S. The molecule has 4 heteroatoms. The molecule has 0 aliphatic rings. The van der Waals surface area contributed by atoms with Gasteiger partial charge in [-0.3, -0.25) is 4.79 Å². The van der Waals surface area contributed by atoms with Crippen LogP contribution in [0.1, 0.15) is 29.9 Å². The van der Waals surface area contributed by atoms with Crippen molar-refractivity contribution < 1.29 is 9.53 Å². The molecule has 2 aromatic rings. The zero-order valence-corrected chi connectivity index (χ0v) is 14.0. The van der Waals surface area contributed by atoms with Crippen molar-refractivity contribution in [3.8, 4) is 11.1 Å². The zero-order chi connectivity index (χ0) is 15.8. The Labute approximate surface area is 136 Å². The maximum Gasteiger partial charge on any atom is 0.261 e. The third-order valence-electron chi connectivity index (χ3n) is 3.16. The Bertz CT molecular complexity index is 578. The van der Waals surface area contributed by atoms with Gasteiger partial charge in [0.05, 0.1) is 4.88 Å². The van der Waals surface area contributed by atoms with Crippen molar-refractivity contribution in [3.63, 3.8) is 0 Å². The number of carbonyl (C=O) groups excluding carboxylic acids is 1. The van der Waals surface area contributed by atoms with Gasteiger partial charge < -0.3 is 10.1 Å². The molecule has 1 heterocycles. The van der Waals surface area contributed by atoms with Gasteiger partial charge in [-0.05, 0) is 29.3 Å². The normalized spacial score (nSPS) is 10.9. The lowest BCUT2D eigenvalue weighted by atomic mass is 10.1. The summed E-state index contributed by atoms with van der Waals surface area (Å²) in [5.41, 5.74) is 2.08. The second kappa shape index (κ2) is 8.71. The molecule has 0 radical (unpaired) electrons. The van der Waals surface area contributed by atoms with Gasteiger partial charge in [-0.1, -0.05) is 44.2 Å². The summed E-state index contributed by atoms with van der Waals surface area (Å²) >= 11 is 1.48. The molecule has 22 heavy (non-hydrogen) atoms. The molecule has 2 rings (SSSR count). The lowest BCUT2D eigenvalue weighted by Crippen LogP contribution is -2.25. The van der Waals surface area contributed by atoms with E-state index < -0.39 is 0 Å². The van der Waals surface area contributed by atoms with Gasteiger partial charge in [0, 0.05) is 25.3 Å². The van der Waals surface area contributed by atoms with Gasteiger partial charge in [-0.25, -0.2) is 0 Å². The fourth-order valence-corrected chi connectivity index (χ4v) is 2.94. The monoisotopic (exact) mass is 317 g/mol. The SMILES string of the molecule is CC(C)COCCCNC(=O)c1sccc1-c1ccccc1. The number of carbonyl (C=O) groups is 1. The van der Waals surface area contributed by atoms with Crippen LogP contribution < -0.4 is 5.32 Å². The highest BCUT2D eigenvalue weighted by Gasteiger charge is 2.13. The molecule has 1 aromatic carbocycles. The van der Waals surface area contributed by atoms with Crippen molar-refractivity contribution >= 4 is 17.2 Å². The van der Waals surface area contributed by atoms with E-state index in [0.29, 0.717) is 19.1 Å². The van der Waals surface area contributed by atoms with Crippen LogP contribution in [0.5, 0.6) is 0 Å². The number of benzene rings is 1. The Kier molecular flexibility index (Phi) is 6.62. The molecule has 1 amide bonds. The number of hydrogen-bond donors (Lipinski definition) is 1. The van der Waals surface area contributed by atoms with Gasteiger partial charge in [0.15, 0.2) is 0 Å². The largest absolute Gasteiger partial charge is 0.381 e. The molecule has 3 nitrogen and oxygen atoms in total. The van der Waals surface area contributed by atoms with Crippen molar-refractivity contribution in [1.82, 2.24) is 5.32 Å². The summed E-state index contributed by atoms with van der Waals surface area (Å²) in [7, 11) is 0. The Balaban J connectivity index is 1.83. The minimum Gasteiger partial charge on any atom is -0.381 e. The highest BCUT2D eigenvalue weighted by Crippen LogP contribution is 2.27. The van der Waals surface area contributed by atoms with Gasteiger partial charge in [0.25, 0.3) is 5.91 Å². The van der Waals surface area contributed by atoms with Gasteiger partial charge in [0.1, 0.15) is 0 Å². The van der Waals surface area contributed by atoms with Crippen molar-refractivity contribution in [2.24, 2.45) is 5.92 Å². The van der Waals surface area contributed by atoms with E-state index in [9.17, 15) is 4.79 Å². The quantitative estimate of drug-likeness (QED) is 0.741. The molecule has 0 unspecified atom stereocenters. The summed E-state index contributed by atoms with van der Waals surface area (Å²) in [5.74, 6) is 0.548. The van der Waals surface area contributed by atoms with Crippen LogP contribution in [0.15, 0.2) is 41.8 Å². The van der Waals surface area contributed by atoms with Gasteiger partial charge in [-0.2, -0.15) is 0 Å². The van der Waals surface area contributed by atoms with Crippen LogP contribution >= 0.6 is 11.3 Å². The van der Waals surface area contributed by atoms with Crippen LogP contribution in [-0.4, -0.2) is 25.7 Å². The lowest BCUT2D eigenvalue weighted by molar-refractivity contribution is 0.0929. The fraction of sp³-hybridized carbons (Fsp3) is 0.389. The van der Waals surface area contributed by atoms with E-state index in [1.165, 1.54) is 11.3 Å². The first kappa shape index (κ1) is 16.7. The predicted molar refractivity (Wildman–Crippen MR) is 92.4 cm³/mol. The molecule has 0 aliphatic carbocycles. The molecule has 0 saturated heterocycles. The third-order valence-corrected chi connectivity index (χ3v) is 4.07. The third kappa shape index (κ3) is 4.97. The molecule has 0 spiro atoms. The second-order valence-electron chi connectivity index (χ2n) is 5.61. The zero-order valence-electron chi connectivity index (χ0n) is 13.2. The number of hydrogen-bond acceptors (Lipinski definition) is 3. The maximum atomic E-state index is 12.3. The predicted octanol–water partition coefficient (Wildman–Crippen LogP) is 4.21. The Morgan fingerprint density at radius 1 is 1.23 bits per heavy atom. The van der Waals surface area contributed by atoms with E-state index in [1.807, 2.05) is 41.8 Å². The second-order valence-corrected chi connectivity index (χ2v) is 6.52. The van der Waals surface area contributed by atoms with Crippen LogP contribution in [-0.2, 0) is 4.74 Å². The van der Waals surface area contributed by atoms with Crippen molar-refractivity contribution in [2.75, 3.05) is 19.8 Å². The van der Waals surface area contributed by atoms with E-state index in [4.69, 9.17) is 4.74 Å². The number of rotatable bonds is 8. The average molecular weight is 317 g/mol. The van der Waals surface area contributed by atoms with Crippen LogP contribution in [0.4, 0.5) is 0 Å². The minimum absolute atomic E-state index is 0.00212. The van der Waals surface area contributed by atoms with Crippen molar-refractivity contribution in [3.05, 3.63) is 46.7 Å². The standard InChI is InChI=1S/C18H23NO2S/c1-14(2)13-21-11-6-10-19-18(20)17-16(9-12-22-17)15-7-4-3-5-8-15/h3-5,7-9,12,14H,6,10-11,13H2,1-2H3,(H,19,20). The molecule has 0 aliphatic heterocycles. The first-order valence-corrected chi connectivity index (χ1v) is 8.55. The topological polar surface area (TPSA) is 38.3 Å². The van der Waals surface area contributed by atoms with Crippen LogP contribution in [0, 0.1) is 5.92 Å². The summed E-state index contributed by atoms with van der Waals surface area (Å²) in [4.78, 5) is 13.1. The Morgan fingerprint density at radius 2 is 2.00 bits per heavy atom. The molecule has 1 N–H and O–H groups in total. The fourth-order valence-electron chi connectivity index (χ4n) is 2.11. The van der Waals surface area contributed by atoms with Gasteiger partial charge >= 0.3 is 0 Å². The van der Waals surface area contributed by atoms with E-state index in [0.717, 1.165) is 29.0 Å². The number of amides is 1. The van der Waals surface area contributed by atoms with Gasteiger partial charge in [-0.15, -0.1) is 11.3 Å². The Morgan fingerprint density at radius 3 is 2.73 bits per heavy atom. The summed E-state index contributed by atoms with van der Waals surface area (Å²) in [6.45, 7) is 6.36. The molecule has 0 fully saturated rings. The molecule has 0 bridgehead atoms. The molecule has 1 aromatic heterocycles.